The standard InChI is InChI=1S/C17H23ClO/c1-13(2)10-15(4)12-19-17-8-7-14(3)11-16(17)6-5-9-18/h7-8,11,13,15H,9-10,12H2,1-4H3. The Balaban J connectivity index is 2.72. The van der Waals surface area contributed by atoms with Crippen LogP contribution in [0.3, 0.4) is 0 Å². The number of benzene rings is 1. The summed E-state index contributed by atoms with van der Waals surface area (Å²) < 4.78 is 5.91. The molecule has 0 aliphatic carbocycles. The Kier molecular flexibility index (Phi) is 6.81. The molecule has 104 valence electrons. The van der Waals surface area contributed by atoms with Gasteiger partial charge < -0.3 is 4.74 Å². The number of aryl methyl sites for hydroxylation is 1. The van der Waals surface area contributed by atoms with Gasteiger partial charge in [-0.2, -0.15) is 0 Å². The average molecular weight is 279 g/mol. The van der Waals surface area contributed by atoms with Crippen molar-refractivity contribution in [3.8, 4) is 17.6 Å². The van der Waals surface area contributed by atoms with Crippen LogP contribution in [0.4, 0.5) is 0 Å². The van der Waals surface area contributed by atoms with Crippen LogP contribution in [-0.4, -0.2) is 12.5 Å². The van der Waals surface area contributed by atoms with Gasteiger partial charge in [-0.1, -0.05) is 38.7 Å². The van der Waals surface area contributed by atoms with Gasteiger partial charge in [0, 0.05) is 0 Å². The summed E-state index contributed by atoms with van der Waals surface area (Å²) in [7, 11) is 0. The Morgan fingerprint density at radius 1 is 1.26 bits per heavy atom. The molecule has 0 N–H and O–H groups in total. The van der Waals surface area contributed by atoms with Crippen molar-refractivity contribution >= 4 is 11.6 Å². The minimum atomic E-state index is 0.344. The van der Waals surface area contributed by atoms with E-state index in [0.717, 1.165) is 17.9 Å². The SMILES string of the molecule is Cc1ccc(OCC(C)CC(C)C)c(C#CCCl)c1. The van der Waals surface area contributed by atoms with Crippen molar-refractivity contribution in [1.82, 2.24) is 0 Å². The lowest BCUT2D eigenvalue weighted by molar-refractivity contribution is 0.238. The fraction of sp³-hybridized carbons (Fsp3) is 0.529. The van der Waals surface area contributed by atoms with Crippen molar-refractivity contribution in [2.75, 3.05) is 12.5 Å². The van der Waals surface area contributed by atoms with Gasteiger partial charge in [0.2, 0.25) is 0 Å². The van der Waals surface area contributed by atoms with E-state index in [0.29, 0.717) is 17.7 Å². The highest BCUT2D eigenvalue weighted by Gasteiger charge is 2.08. The third kappa shape index (κ3) is 6.03. The number of alkyl halides is 1. The van der Waals surface area contributed by atoms with Crippen LogP contribution in [0, 0.1) is 30.6 Å². The van der Waals surface area contributed by atoms with Crippen LogP contribution in [0.5, 0.6) is 5.75 Å². The Bertz CT molecular complexity index is 454. The average Bonchev–Trinajstić information content (AvgIpc) is 2.34. The molecule has 0 aliphatic rings. The fourth-order valence-corrected chi connectivity index (χ4v) is 2.17. The summed E-state index contributed by atoms with van der Waals surface area (Å²) in [4.78, 5) is 0. The molecule has 1 aromatic rings. The molecule has 0 radical (unpaired) electrons. The van der Waals surface area contributed by atoms with Gasteiger partial charge in [0.05, 0.1) is 18.1 Å². The summed E-state index contributed by atoms with van der Waals surface area (Å²) in [6, 6.07) is 6.09. The summed E-state index contributed by atoms with van der Waals surface area (Å²) in [5, 5.41) is 0. The van der Waals surface area contributed by atoms with Gasteiger partial charge in [0.15, 0.2) is 0 Å². The van der Waals surface area contributed by atoms with Crippen molar-refractivity contribution in [3.05, 3.63) is 29.3 Å². The molecule has 0 fully saturated rings. The second-order valence-electron chi connectivity index (χ2n) is 5.48. The molecule has 1 aromatic carbocycles. The predicted molar refractivity (Wildman–Crippen MR) is 82.9 cm³/mol. The van der Waals surface area contributed by atoms with E-state index >= 15 is 0 Å². The van der Waals surface area contributed by atoms with E-state index in [1.54, 1.807) is 0 Å². The molecule has 1 unspecified atom stereocenters. The van der Waals surface area contributed by atoms with Gasteiger partial charge in [0.25, 0.3) is 0 Å². The fourth-order valence-electron chi connectivity index (χ4n) is 2.10. The maximum Gasteiger partial charge on any atom is 0.134 e. The van der Waals surface area contributed by atoms with Gasteiger partial charge in [-0.05, 0) is 42.9 Å². The Hall–Kier alpha value is -1.13. The molecular formula is C17H23ClO. The molecule has 1 rings (SSSR count). The summed E-state index contributed by atoms with van der Waals surface area (Å²) >= 11 is 5.61. The Morgan fingerprint density at radius 2 is 2.00 bits per heavy atom. The van der Waals surface area contributed by atoms with Crippen molar-refractivity contribution in [1.29, 1.82) is 0 Å². The molecule has 0 amide bonds. The zero-order chi connectivity index (χ0) is 14.3. The summed E-state index contributed by atoms with van der Waals surface area (Å²) in [6.07, 6.45) is 1.18. The molecule has 19 heavy (non-hydrogen) atoms. The summed E-state index contributed by atoms with van der Waals surface area (Å²) in [5.41, 5.74) is 2.11. The Labute approximate surface area is 122 Å². The first kappa shape index (κ1) is 15.9. The van der Waals surface area contributed by atoms with Crippen molar-refractivity contribution in [2.45, 2.75) is 34.1 Å². The first-order valence-electron chi connectivity index (χ1n) is 6.81. The lowest BCUT2D eigenvalue weighted by Crippen LogP contribution is -2.11. The first-order valence-corrected chi connectivity index (χ1v) is 7.34. The molecule has 1 atom stereocenters. The van der Waals surface area contributed by atoms with Crippen LogP contribution >= 0.6 is 11.6 Å². The van der Waals surface area contributed by atoms with Gasteiger partial charge in [0.1, 0.15) is 5.75 Å². The second-order valence-corrected chi connectivity index (χ2v) is 5.75. The molecule has 0 saturated heterocycles. The minimum Gasteiger partial charge on any atom is -0.492 e. The normalized spacial score (nSPS) is 11.9. The number of rotatable bonds is 5. The molecule has 0 bridgehead atoms. The van der Waals surface area contributed by atoms with Crippen molar-refractivity contribution in [3.63, 3.8) is 0 Å². The highest BCUT2D eigenvalue weighted by atomic mass is 35.5. The number of hydrogen-bond donors (Lipinski definition) is 0. The zero-order valence-electron chi connectivity index (χ0n) is 12.3. The summed E-state index contributed by atoms with van der Waals surface area (Å²) in [6.45, 7) is 9.48. The van der Waals surface area contributed by atoms with E-state index in [1.807, 2.05) is 18.2 Å². The van der Waals surface area contributed by atoms with E-state index in [9.17, 15) is 0 Å². The van der Waals surface area contributed by atoms with Gasteiger partial charge in [-0.25, -0.2) is 0 Å². The lowest BCUT2D eigenvalue weighted by atomic mass is 10.00. The Morgan fingerprint density at radius 3 is 2.63 bits per heavy atom. The molecule has 1 nitrogen and oxygen atoms in total. The molecule has 2 heteroatoms. The van der Waals surface area contributed by atoms with E-state index in [2.05, 4.69) is 39.5 Å². The summed E-state index contributed by atoms with van der Waals surface area (Å²) in [5.74, 6) is 8.41. The van der Waals surface area contributed by atoms with E-state index in [1.165, 1.54) is 12.0 Å². The van der Waals surface area contributed by atoms with E-state index in [-0.39, 0.29) is 0 Å². The van der Waals surface area contributed by atoms with Crippen LogP contribution in [0.25, 0.3) is 0 Å². The topological polar surface area (TPSA) is 9.23 Å². The molecule has 0 heterocycles. The highest BCUT2D eigenvalue weighted by Crippen LogP contribution is 2.21. The highest BCUT2D eigenvalue weighted by molar-refractivity contribution is 6.19. The number of halogens is 1. The maximum absolute atomic E-state index is 5.91. The lowest BCUT2D eigenvalue weighted by Gasteiger charge is -2.16. The molecular weight excluding hydrogens is 256 g/mol. The van der Waals surface area contributed by atoms with E-state index < -0.39 is 0 Å². The van der Waals surface area contributed by atoms with Crippen molar-refractivity contribution in [2.24, 2.45) is 11.8 Å². The third-order valence-electron chi connectivity index (χ3n) is 2.82. The largest absolute Gasteiger partial charge is 0.492 e. The van der Waals surface area contributed by atoms with Crippen LogP contribution in [0.15, 0.2) is 18.2 Å². The molecule has 0 saturated carbocycles. The van der Waals surface area contributed by atoms with Crippen LogP contribution in [-0.2, 0) is 0 Å². The number of ether oxygens (including phenoxy) is 1. The second kappa shape index (κ2) is 8.12. The monoisotopic (exact) mass is 278 g/mol. The van der Waals surface area contributed by atoms with Crippen LogP contribution in [0.2, 0.25) is 0 Å². The molecule has 0 aromatic heterocycles. The first-order chi connectivity index (χ1) is 9.02. The predicted octanol–water partition coefficient (Wildman–Crippen LogP) is 4.65. The molecule has 0 spiro atoms. The quantitative estimate of drug-likeness (QED) is 0.563. The van der Waals surface area contributed by atoms with E-state index in [4.69, 9.17) is 16.3 Å². The number of hydrogen-bond acceptors (Lipinski definition) is 1. The maximum atomic E-state index is 5.91. The molecule has 0 aliphatic heterocycles. The minimum absolute atomic E-state index is 0.344. The van der Waals surface area contributed by atoms with Gasteiger partial charge in [-0.15, -0.1) is 11.6 Å². The van der Waals surface area contributed by atoms with Crippen LogP contribution < -0.4 is 4.74 Å². The zero-order valence-corrected chi connectivity index (χ0v) is 13.1. The van der Waals surface area contributed by atoms with Gasteiger partial charge >= 0.3 is 0 Å². The van der Waals surface area contributed by atoms with Crippen LogP contribution in [0.1, 0.15) is 38.3 Å². The van der Waals surface area contributed by atoms with Crippen molar-refractivity contribution < 1.29 is 4.74 Å². The third-order valence-corrected chi connectivity index (χ3v) is 2.96. The smallest absolute Gasteiger partial charge is 0.134 e. The van der Waals surface area contributed by atoms with Gasteiger partial charge in [-0.3, -0.25) is 0 Å².